The van der Waals surface area contributed by atoms with Crippen LogP contribution in [0.3, 0.4) is 0 Å². The second kappa shape index (κ2) is 15.5. The number of nitrogens with zero attached hydrogens (tertiary/aromatic N) is 4. The van der Waals surface area contributed by atoms with E-state index in [4.69, 9.17) is 23.9 Å². The highest BCUT2D eigenvalue weighted by Crippen LogP contribution is 2.38. The Bertz CT molecular complexity index is 1530. The lowest BCUT2D eigenvalue weighted by molar-refractivity contribution is -0.124. The molecule has 0 atom stereocenters. The van der Waals surface area contributed by atoms with Crippen LogP contribution in [0.5, 0.6) is 5.75 Å². The Labute approximate surface area is 283 Å². The number of pyridine rings is 2. The summed E-state index contributed by atoms with van der Waals surface area (Å²) in [6, 6.07) is 7.92. The molecule has 48 heavy (non-hydrogen) atoms. The molecular formula is C37H51N5O6. The van der Waals surface area contributed by atoms with Gasteiger partial charge in [-0.3, -0.25) is 14.7 Å². The van der Waals surface area contributed by atoms with Gasteiger partial charge >= 0.3 is 6.09 Å². The number of hydrogen-bond acceptors (Lipinski definition) is 9. The summed E-state index contributed by atoms with van der Waals surface area (Å²) in [6.07, 6.45) is 9.02. The molecule has 2 fully saturated rings. The highest BCUT2D eigenvalue weighted by atomic mass is 16.6. The van der Waals surface area contributed by atoms with Gasteiger partial charge in [-0.25, -0.2) is 14.8 Å². The van der Waals surface area contributed by atoms with Gasteiger partial charge in [0.15, 0.2) is 5.89 Å². The largest absolute Gasteiger partial charge is 0.495 e. The number of aromatic nitrogens is 3. The molecule has 2 saturated carbocycles. The molecule has 3 aromatic heterocycles. The molecule has 0 bridgehead atoms. The van der Waals surface area contributed by atoms with Crippen LogP contribution in [0.15, 0.2) is 41.1 Å². The van der Waals surface area contributed by atoms with E-state index in [0.717, 1.165) is 54.1 Å². The second-order valence-electron chi connectivity index (χ2n) is 14.4. The third kappa shape index (κ3) is 9.12. The first kappa shape index (κ1) is 35.3. The van der Waals surface area contributed by atoms with Crippen LogP contribution in [0.2, 0.25) is 0 Å². The van der Waals surface area contributed by atoms with Crippen LogP contribution in [0.1, 0.15) is 108 Å². The first-order valence-electron chi connectivity index (χ1n) is 17.3. The second-order valence-corrected chi connectivity index (χ2v) is 14.4. The van der Waals surface area contributed by atoms with Gasteiger partial charge in [0.1, 0.15) is 29.6 Å². The highest BCUT2D eigenvalue weighted by molar-refractivity contribution is 5.94. The summed E-state index contributed by atoms with van der Waals surface area (Å²) in [5.41, 5.74) is 2.57. The van der Waals surface area contributed by atoms with Crippen molar-refractivity contribution in [2.75, 3.05) is 25.1 Å². The summed E-state index contributed by atoms with van der Waals surface area (Å²) in [5, 5.41) is 12.5. The average Bonchev–Trinajstić information content (AvgIpc) is 3.58. The van der Waals surface area contributed by atoms with Gasteiger partial charge < -0.3 is 24.3 Å². The molecule has 3 aromatic rings. The zero-order chi connectivity index (χ0) is 34.4. The van der Waals surface area contributed by atoms with Gasteiger partial charge in [0, 0.05) is 48.3 Å². The van der Waals surface area contributed by atoms with Crippen molar-refractivity contribution in [3.05, 3.63) is 54.0 Å². The van der Waals surface area contributed by atoms with Crippen LogP contribution in [-0.4, -0.2) is 64.0 Å². The lowest BCUT2D eigenvalue weighted by atomic mass is 9.79. The predicted molar refractivity (Wildman–Crippen MR) is 183 cm³/mol. The lowest BCUT2D eigenvalue weighted by Gasteiger charge is -2.35. The Balaban J connectivity index is 1.28. The number of aliphatic hydroxyl groups is 1. The number of carbonyl (C=O) groups is 2. The minimum atomic E-state index is -1.02. The van der Waals surface area contributed by atoms with E-state index in [9.17, 15) is 14.7 Å². The number of rotatable bonds is 11. The topological polar surface area (TPSA) is 140 Å². The Hall–Kier alpha value is -3.99. The van der Waals surface area contributed by atoms with E-state index in [1.807, 2.05) is 43.9 Å². The van der Waals surface area contributed by atoms with Gasteiger partial charge in [-0.1, -0.05) is 13.8 Å². The van der Waals surface area contributed by atoms with Crippen molar-refractivity contribution in [3.8, 4) is 17.0 Å². The maximum Gasteiger partial charge on any atom is 0.407 e. The van der Waals surface area contributed by atoms with Crippen LogP contribution in [0, 0.1) is 18.8 Å². The van der Waals surface area contributed by atoms with Crippen LogP contribution < -0.4 is 15.0 Å². The number of methoxy groups -OCH3 is 1. The fourth-order valence-corrected chi connectivity index (χ4v) is 6.75. The molecule has 2 N–H and O–H groups in total. The zero-order valence-electron chi connectivity index (χ0n) is 29.2. The van der Waals surface area contributed by atoms with Crippen LogP contribution >= 0.6 is 0 Å². The lowest BCUT2D eigenvalue weighted by Crippen LogP contribution is -2.43. The third-order valence-electron chi connectivity index (χ3n) is 9.55. The van der Waals surface area contributed by atoms with Gasteiger partial charge in [-0.2, -0.15) is 0 Å². The van der Waals surface area contributed by atoms with Crippen LogP contribution in [0.25, 0.3) is 11.3 Å². The molecule has 11 nitrogen and oxygen atoms in total. The van der Waals surface area contributed by atoms with E-state index in [1.54, 1.807) is 33.4 Å². The summed E-state index contributed by atoms with van der Waals surface area (Å²) >= 11 is 0. The summed E-state index contributed by atoms with van der Waals surface area (Å²) < 4.78 is 16.7. The minimum absolute atomic E-state index is 0.0576. The average molecular weight is 662 g/mol. The molecule has 0 aromatic carbocycles. The standard InChI is InChI=1S/C37H51N5O6/c1-23(2)34-41-31(21-47-34)28-17-18-38-33(19-28)42(20-25-7-9-26(10-8-25)30-15-16-32(46-6)24(3)40-30)35(43)27-11-13-29(14-12-27)48-36(44)39-22-37(4,5)45/h15-19,21,23,25-27,29,45H,7-14,20,22H2,1-6H3,(H,39,44). The van der Waals surface area contributed by atoms with E-state index in [1.165, 1.54) is 0 Å². The number of carbonyl (C=O) groups excluding carboxylic acids is 2. The Morgan fingerprint density at radius 2 is 1.79 bits per heavy atom. The SMILES string of the molecule is COc1ccc(C2CCC(CN(C(=O)C3CCC(OC(=O)NCC(C)(C)O)CC3)c3cc(-c4coc(C(C)C)n4)ccn3)CC2)nc1C. The molecule has 0 radical (unpaired) electrons. The predicted octanol–water partition coefficient (Wildman–Crippen LogP) is 6.93. The summed E-state index contributed by atoms with van der Waals surface area (Å²) in [5.74, 6) is 2.82. The van der Waals surface area contributed by atoms with Crippen molar-refractivity contribution in [1.29, 1.82) is 0 Å². The number of anilines is 1. The number of amides is 2. The van der Waals surface area contributed by atoms with Crippen LogP contribution in [-0.2, 0) is 9.53 Å². The number of ether oxygens (including phenoxy) is 2. The van der Waals surface area contributed by atoms with E-state index in [2.05, 4.69) is 16.4 Å². The molecule has 11 heteroatoms. The number of nitrogens with one attached hydrogen (secondary N) is 1. The van der Waals surface area contributed by atoms with Crippen molar-refractivity contribution >= 4 is 17.8 Å². The first-order chi connectivity index (χ1) is 22.9. The van der Waals surface area contributed by atoms with Gasteiger partial charge in [0.25, 0.3) is 0 Å². The number of oxazole rings is 1. The summed E-state index contributed by atoms with van der Waals surface area (Å²) in [4.78, 5) is 42.7. The smallest absolute Gasteiger partial charge is 0.407 e. The molecular weight excluding hydrogens is 610 g/mol. The van der Waals surface area contributed by atoms with E-state index in [-0.39, 0.29) is 30.4 Å². The molecule has 2 amide bonds. The fraction of sp³-hybridized carbons (Fsp3) is 0.595. The van der Waals surface area contributed by atoms with Gasteiger partial charge in [0.05, 0.1) is 18.4 Å². The molecule has 260 valence electrons. The Morgan fingerprint density at radius 1 is 1.06 bits per heavy atom. The normalized spacial score (nSPS) is 21.5. The van der Waals surface area contributed by atoms with E-state index < -0.39 is 11.7 Å². The molecule has 0 saturated heterocycles. The molecule has 0 spiro atoms. The summed E-state index contributed by atoms with van der Waals surface area (Å²) in [6.45, 7) is 9.99. The molecule has 2 aliphatic carbocycles. The molecule has 0 aliphatic heterocycles. The van der Waals surface area contributed by atoms with Crippen LogP contribution in [0.4, 0.5) is 10.6 Å². The fourth-order valence-electron chi connectivity index (χ4n) is 6.75. The first-order valence-corrected chi connectivity index (χ1v) is 17.3. The number of alkyl carbamates (subject to hydrolysis) is 1. The minimum Gasteiger partial charge on any atom is -0.495 e. The zero-order valence-corrected chi connectivity index (χ0v) is 29.2. The van der Waals surface area contributed by atoms with Crippen molar-refractivity contribution in [3.63, 3.8) is 0 Å². The maximum atomic E-state index is 14.3. The maximum absolute atomic E-state index is 14.3. The Morgan fingerprint density at radius 3 is 2.42 bits per heavy atom. The third-order valence-corrected chi connectivity index (χ3v) is 9.55. The molecule has 2 aliphatic rings. The van der Waals surface area contributed by atoms with Gasteiger partial charge in [0.2, 0.25) is 5.91 Å². The van der Waals surface area contributed by atoms with Crippen molar-refractivity contribution in [2.45, 2.75) is 110 Å². The summed E-state index contributed by atoms with van der Waals surface area (Å²) in [7, 11) is 1.67. The highest BCUT2D eigenvalue weighted by Gasteiger charge is 2.34. The van der Waals surface area contributed by atoms with Crippen molar-refractivity contribution in [2.24, 2.45) is 11.8 Å². The molecule has 3 heterocycles. The quantitative estimate of drug-likeness (QED) is 0.224. The van der Waals surface area contributed by atoms with E-state index >= 15 is 0 Å². The molecule has 5 rings (SSSR count). The van der Waals surface area contributed by atoms with Gasteiger partial charge in [-0.05, 0) is 102 Å². The monoisotopic (exact) mass is 661 g/mol. The van der Waals surface area contributed by atoms with E-state index in [0.29, 0.717) is 55.8 Å². The van der Waals surface area contributed by atoms with Crippen molar-refractivity contribution < 1.29 is 28.6 Å². The van der Waals surface area contributed by atoms with Gasteiger partial charge in [-0.15, -0.1) is 0 Å². The number of hydrogen-bond donors (Lipinski definition) is 2. The number of aryl methyl sites for hydroxylation is 1. The molecule has 0 unspecified atom stereocenters. The van der Waals surface area contributed by atoms with Crippen molar-refractivity contribution in [1.82, 2.24) is 20.3 Å². The Kier molecular flexibility index (Phi) is 11.4.